The second kappa shape index (κ2) is 8.57. The number of halogens is 2. The first-order valence-corrected chi connectivity index (χ1v) is 8.86. The molecule has 0 radical (unpaired) electrons. The van der Waals surface area contributed by atoms with Crippen LogP contribution in [-0.4, -0.2) is 52.8 Å². The molecule has 2 heterocycles. The fourth-order valence-corrected chi connectivity index (χ4v) is 3.40. The van der Waals surface area contributed by atoms with E-state index in [0.717, 1.165) is 4.70 Å². The standard InChI is InChI=1S/C17H20FN5OS.ClH/c1-4-22-9-8-13(20-22)16(24)23(11-10-21(2)3)17-19-15-12(18)6-5-7-14(15)25-17;/h5-9H,4,10-11H2,1-3H3;1H. The Bertz CT molecular complexity index is 894. The SMILES string of the molecule is CCn1ccc(C(=O)N(CCN(C)C)c2nc3c(F)cccc3s2)n1.Cl. The van der Waals surface area contributed by atoms with Gasteiger partial charge in [-0.2, -0.15) is 5.10 Å². The number of para-hydroxylation sites is 1. The number of rotatable bonds is 6. The van der Waals surface area contributed by atoms with E-state index in [-0.39, 0.29) is 24.1 Å². The zero-order chi connectivity index (χ0) is 18.0. The van der Waals surface area contributed by atoms with Gasteiger partial charge in [-0.1, -0.05) is 17.4 Å². The molecule has 0 spiro atoms. The summed E-state index contributed by atoms with van der Waals surface area (Å²) >= 11 is 1.31. The lowest BCUT2D eigenvalue weighted by Crippen LogP contribution is -2.37. The van der Waals surface area contributed by atoms with E-state index < -0.39 is 0 Å². The number of aryl methyl sites for hydroxylation is 1. The van der Waals surface area contributed by atoms with Crippen LogP contribution in [0.1, 0.15) is 17.4 Å². The summed E-state index contributed by atoms with van der Waals surface area (Å²) in [4.78, 5) is 20.9. The fourth-order valence-electron chi connectivity index (χ4n) is 2.39. The predicted molar refractivity (Wildman–Crippen MR) is 105 cm³/mol. The molecule has 0 unspecified atom stereocenters. The summed E-state index contributed by atoms with van der Waals surface area (Å²) < 4.78 is 16.4. The van der Waals surface area contributed by atoms with E-state index in [1.807, 2.05) is 25.9 Å². The van der Waals surface area contributed by atoms with Gasteiger partial charge in [0.15, 0.2) is 10.8 Å². The Kier molecular flexibility index (Phi) is 6.69. The third kappa shape index (κ3) is 4.20. The van der Waals surface area contributed by atoms with Crippen molar-refractivity contribution in [2.75, 3.05) is 32.1 Å². The molecule has 2 aromatic heterocycles. The van der Waals surface area contributed by atoms with E-state index in [0.29, 0.717) is 36.0 Å². The Morgan fingerprint density at radius 3 is 2.65 bits per heavy atom. The molecule has 1 aromatic carbocycles. The lowest BCUT2D eigenvalue weighted by molar-refractivity contribution is 0.0979. The summed E-state index contributed by atoms with van der Waals surface area (Å²) in [5, 5.41) is 4.77. The smallest absolute Gasteiger partial charge is 0.280 e. The molecule has 0 aliphatic rings. The number of likely N-dealkylation sites (N-methyl/N-ethyl adjacent to an activating group) is 1. The van der Waals surface area contributed by atoms with Crippen molar-refractivity contribution in [3.05, 3.63) is 42.0 Å². The molecule has 0 saturated carbocycles. The summed E-state index contributed by atoms with van der Waals surface area (Å²) in [6.45, 7) is 3.77. The zero-order valence-electron chi connectivity index (χ0n) is 14.8. The Labute approximate surface area is 161 Å². The van der Waals surface area contributed by atoms with E-state index in [2.05, 4.69) is 10.1 Å². The maximum absolute atomic E-state index is 14.0. The molecule has 9 heteroatoms. The molecule has 26 heavy (non-hydrogen) atoms. The van der Waals surface area contributed by atoms with Crippen molar-refractivity contribution in [1.82, 2.24) is 19.7 Å². The number of anilines is 1. The van der Waals surface area contributed by atoms with Crippen molar-refractivity contribution >= 4 is 45.0 Å². The van der Waals surface area contributed by atoms with Crippen molar-refractivity contribution in [3.63, 3.8) is 0 Å². The molecule has 3 aromatic rings. The average molecular weight is 398 g/mol. The summed E-state index contributed by atoms with van der Waals surface area (Å²) in [5.74, 6) is -0.608. The van der Waals surface area contributed by atoms with Gasteiger partial charge in [0.05, 0.1) is 4.70 Å². The summed E-state index contributed by atoms with van der Waals surface area (Å²) in [6.07, 6.45) is 1.77. The van der Waals surface area contributed by atoms with E-state index in [1.165, 1.54) is 17.4 Å². The number of fused-ring (bicyclic) bond motifs is 1. The van der Waals surface area contributed by atoms with Gasteiger partial charge < -0.3 is 4.90 Å². The third-order valence-electron chi connectivity index (χ3n) is 3.79. The molecule has 0 aliphatic heterocycles. The number of hydrogen-bond acceptors (Lipinski definition) is 5. The number of nitrogens with zero attached hydrogens (tertiary/aromatic N) is 5. The lowest BCUT2D eigenvalue weighted by Gasteiger charge is -2.21. The topological polar surface area (TPSA) is 54.3 Å². The maximum atomic E-state index is 14.0. The van der Waals surface area contributed by atoms with Crippen molar-refractivity contribution in [2.24, 2.45) is 0 Å². The van der Waals surface area contributed by atoms with Crippen LogP contribution in [-0.2, 0) is 6.54 Å². The largest absolute Gasteiger partial charge is 0.308 e. The summed E-state index contributed by atoms with van der Waals surface area (Å²) in [6, 6.07) is 6.53. The van der Waals surface area contributed by atoms with Crippen molar-refractivity contribution in [3.8, 4) is 0 Å². The molecule has 0 N–H and O–H groups in total. The average Bonchev–Trinajstić information content (AvgIpc) is 3.22. The monoisotopic (exact) mass is 397 g/mol. The predicted octanol–water partition coefficient (Wildman–Crippen LogP) is 3.28. The molecule has 1 amide bonds. The molecule has 3 rings (SSSR count). The Morgan fingerprint density at radius 1 is 1.27 bits per heavy atom. The molecule has 140 valence electrons. The van der Waals surface area contributed by atoms with Crippen LogP contribution in [0.25, 0.3) is 10.2 Å². The van der Waals surface area contributed by atoms with E-state index in [1.54, 1.807) is 34.0 Å². The van der Waals surface area contributed by atoms with E-state index in [9.17, 15) is 9.18 Å². The minimum Gasteiger partial charge on any atom is -0.308 e. The van der Waals surface area contributed by atoms with E-state index >= 15 is 0 Å². The third-order valence-corrected chi connectivity index (χ3v) is 4.83. The maximum Gasteiger partial charge on any atom is 0.280 e. The van der Waals surface area contributed by atoms with Crippen LogP contribution in [0.4, 0.5) is 9.52 Å². The van der Waals surface area contributed by atoms with Crippen molar-refractivity contribution in [1.29, 1.82) is 0 Å². The van der Waals surface area contributed by atoms with Crippen molar-refractivity contribution in [2.45, 2.75) is 13.5 Å². The van der Waals surface area contributed by atoms with Crippen LogP contribution in [0.15, 0.2) is 30.5 Å². The normalized spacial score (nSPS) is 11.0. The highest BCUT2D eigenvalue weighted by Gasteiger charge is 2.23. The second-order valence-electron chi connectivity index (χ2n) is 5.90. The molecular weight excluding hydrogens is 377 g/mol. The van der Waals surface area contributed by atoms with Crippen LogP contribution in [0.2, 0.25) is 0 Å². The van der Waals surface area contributed by atoms with Crippen LogP contribution in [0.5, 0.6) is 0 Å². The van der Waals surface area contributed by atoms with Crippen molar-refractivity contribution < 1.29 is 9.18 Å². The first-order chi connectivity index (χ1) is 12.0. The molecule has 0 aliphatic carbocycles. The van der Waals surface area contributed by atoms with Gasteiger partial charge in [-0.3, -0.25) is 14.4 Å². The van der Waals surface area contributed by atoms with Gasteiger partial charge in [-0.05, 0) is 39.2 Å². The number of benzene rings is 1. The number of thiazole rings is 1. The highest BCUT2D eigenvalue weighted by Crippen LogP contribution is 2.30. The number of aromatic nitrogens is 3. The minimum atomic E-state index is -0.379. The molecule has 0 saturated heterocycles. The quantitative estimate of drug-likeness (QED) is 0.640. The van der Waals surface area contributed by atoms with Crippen LogP contribution < -0.4 is 4.90 Å². The van der Waals surface area contributed by atoms with Gasteiger partial charge >= 0.3 is 0 Å². The van der Waals surface area contributed by atoms with E-state index in [4.69, 9.17) is 0 Å². The number of carbonyl (C=O) groups is 1. The lowest BCUT2D eigenvalue weighted by atomic mass is 10.3. The molecule has 0 atom stereocenters. The Balaban J connectivity index is 0.00000243. The van der Waals surface area contributed by atoms with Gasteiger partial charge in [0.25, 0.3) is 5.91 Å². The minimum absolute atomic E-state index is 0. The number of amides is 1. The van der Waals surface area contributed by atoms with Gasteiger partial charge in [-0.15, -0.1) is 12.4 Å². The van der Waals surface area contributed by atoms with Crippen LogP contribution >= 0.6 is 23.7 Å². The zero-order valence-corrected chi connectivity index (χ0v) is 16.5. The molecule has 0 fully saturated rings. The van der Waals surface area contributed by atoms with Gasteiger partial charge in [0, 0.05) is 25.8 Å². The molecule has 6 nitrogen and oxygen atoms in total. The molecular formula is C17H21ClFN5OS. The number of carbonyl (C=O) groups excluding carboxylic acids is 1. The second-order valence-corrected chi connectivity index (χ2v) is 6.91. The van der Waals surface area contributed by atoms with Crippen LogP contribution in [0, 0.1) is 5.82 Å². The first kappa shape index (κ1) is 20.3. The summed E-state index contributed by atoms with van der Waals surface area (Å²) in [7, 11) is 3.87. The van der Waals surface area contributed by atoms with Gasteiger partial charge in [0.1, 0.15) is 11.3 Å². The highest BCUT2D eigenvalue weighted by atomic mass is 35.5. The van der Waals surface area contributed by atoms with Gasteiger partial charge in [0.2, 0.25) is 0 Å². The van der Waals surface area contributed by atoms with Crippen LogP contribution in [0.3, 0.4) is 0 Å². The summed E-state index contributed by atoms with van der Waals surface area (Å²) in [5.41, 5.74) is 0.657. The number of hydrogen-bond donors (Lipinski definition) is 0. The highest BCUT2D eigenvalue weighted by molar-refractivity contribution is 7.22. The first-order valence-electron chi connectivity index (χ1n) is 8.04. The fraction of sp³-hybridized carbons (Fsp3) is 0.353. The van der Waals surface area contributed by atoms with Gasteiger partial charge in [-0.25, -0.2) is 9.37 Å². The Hall–Kier alpha value is -2.03. The Morgan fingerprint density at radius 2 is 2.04 bits per heavy atom. The molecule has 0 bridgehead atoms.